The van der Waals surface area contributed by atoms with Crippen molar-refractivity contribution in [2.24, 2.45) is 0 Å². The lowest BCUT2D eigenvalue weighted by atomic mass is 10.3. The molecule has 0 fully saturated rings. The first-order valence-electron chi connectivity index (χ1n) is 5.38. The molecule has 1 rings (SSSR count). The van der Waals surface area contributed by atoms with Gasteiger partial charge >= 0.3 is 0 Å². The van der Waals surface area contributed by atoms with Crippen molar-refractivity contribution >= 4 is 23.2 Å². The molecule has 0 spiro atoms. The fourth-order valence-electron chi connectivity index (χ4n) is 1.26. The van der Waals surface area contributed by atoms with Gasteiger partial charge in [0, 0.05) is 26.2 Å². The molecule has 17 heavy (non-hydrogen) atoms. The van der Waals surface area contributed by atoms with Gasteiger partial charge in [-0.15, -0.1) is 0 Å². The first kappa shape index (κ1) is 13.6. The van der Waals surface area contributed by atoms with Crippen LogP contribution in [0.2, 0.25) is 5.02 Å². The number of nitrogen functional groups attached to an aromatic ring is 1. The molecule has 2 N–H and O–H groups in total. The van der Waals surface area contributed by atoms with Gasteiger partial charge in [-0.25, -0.2) is 0 Å². The van der Waals surface area contributed by atoms with Crippen LogP contribution in [-0.4, -0.2) is 31.5 Å². The first-order chi connectivity index (χ1) is 8.00. The molecule has 94 valence electrons. The number of carbonyl (C=O) groups is 1. The van der Waals surface area contributed by atoms with Crippen molar-refractivity contribution in [3.8, 4) is 5.75 Å². The van der Waals surface area contributed by atoms with Crippen molar-refractivity contribution in [3.63, 3.8) is 0 Å². The van der Waals surface area contributed by atoms with Crippen LogP contribution >= 0.6 is 11.6 Å². The zero-order valence-electron chi connectivity index (χ0n) is 10.1. The summed E-state index contributed by atoms with van der Waals surface area (Å²) in [5.41, 5.74) is 6.17. The van der Waals surface area contributed by atoms with E-state index in [9.17, 15) is 4.79 Å². The highest BCUT2D eigenvalue weighted by atomic mass is 35.5. The lowest BCUT2D eigenvalue weighted by Crippen LogP contribution is -2.21. The van der Waals surface area contributed by atoms with E-state index in [1.165, 1.54) is 0 Å². The van der Waals surface area contributed by atoms with E-state index >= 15 is 0 Å². The van der Waals surface area contributed by atoms with E-state index in [2.05, 4.69) is 0 Å². The second kappa shape index (κ2) is 6.35. The van der Waals surface area contributed by atoms with E-state index in [-0.39, 0.29) is 5.91 Å². The summed E-state index contributed by atoms with van der Waals surface area (Å²) in [6.45, 7) is 0.462. The first-order valence-corrected chi connectivity index (χ1v) is 5.76. The van der Waals surface area contributed by atoms with Gasteiger partial charge in [-0.3, -0.25) is 4.79 Å². The minimum absolute atomic E-state index is 0.0944. The van der Waals surface area contributed by atoms with Gasteiger partial charge in [0.15, 0.2) is 0 Å². The maximum absolute atomic E-state index is 11.3. The number of anilines is 1. The molecular weight excluding hydrogens is 240 g/mol. The Morgan fingerprint density at radius 2 is 2.18 bits per heavy atom. The number of halogens is 1. The summed E-state index contributed by atoms with van der Waals surface area (Å²) >= 11 is 5.94. The van der Waals surface area contributed by atoms with Crippen LogP contribution in [0.25, 0.3) is 0 Å². The quantitative estimate of drug-likeness (QED) is 0.649. The average molecular weight is 257 g/mol. The fraction of sp³-hybridized carbons (Fsp3) is 0.417. The maximum Gasteiger partial charge on any atom is 0.222 e. The molecule has 0 bridgehead atoms. The van der Waals surface area contributed by atoms with E-state index in [0.717, 1.165) is 0 Å². The molecule has 0 aliphatic heterocycles. The third-order valence-corrected chi connectivity index (χ3v) is 2.54. The molecule has 0 aliphatic carbocycles. The number of carbonyl (C=O) groups excluding carboxylic acids is 1. The molecule has 0 saturated carbocycles. The van der Waals surface area contributed by atoms with Gasteiger partial charge in [-0.05, 0) is 24.6 Å². The van der Waals surface area contributed by atoms with Gasteiger partial charge < -0.3 is 15.4 Å². The lowest BCUT2D eigenvalue weighted by Gasteiger charge is -2.11. The van der Waals surface area contributed by atoms with Crippen molar-refractivity contribution in [3.05, 3.63) is 23.2 Å². The van der Waals surface area contributed by atoms with Crippen molar-refractivity contribution in [2.45, 2.75) is 12.8 Å². The molecule has 0 heterocycles. The Morgan fingerprint density at radius 1 is 1.47 bits per heavy atom. The summed E-state index contributed by atoms with van der Waals surface area (Å²) in [6, 6.07) is 5.10. The summed E-state index contributed by atoms with van der Waals surface area (Å²) < 4.78 is 5.46. The molecular formula is C12H17ClN2O2. The van der Waals surface area contributed by atoms with Gasteiger partial charge in [0.25, 0.3) is 0 Å². The number of benzene rings is 1. The summed E-state index contributed by atoms with van der Waals surface area (Å²) in [5, 5.41) is 0.490. The number of hydrogen-bond acceptors (Lipinski definition) is 3. The van der Waals surface area contributed by atoms with Crippen LogP contribution < -0.4 is 10.5 Å². The van der Waals surface area contributed by atoms with Crippen molar-refractivity contribution in [1.29, 1.82) is 0 Å². The Bertz CT molecular complexity index is 394. The average Bonchev–Trinajstić information content (AvgIpc) is 2.26. The Morgan fingerprint density at radius 3 is 2.76 bits per heavy atom. The molecule has 1 aromatic rings. The molecule has 1 amide bonds. The SMILES string of the molecule is CN(C)C(=O)CCCOc1ccc(N)cc1Cl. The minimum Gasteiger partial charge on any atom is -0.492 e. The Labute approximate surface area is 106 Å². The van der Waals surface area contributed by atoms with Gasteiger partial charge in [-0.1, -0.05) is 11.6 Å². The highest BCUT2D eigenvalue weighted by Gasteiger charge is 2.05. The predicted octanol–water partition coefficient (Wildman–Crippen LogP) is 2.17. The third-order valence-electron chi connectivity index (χ3n) is 2.25. The monoisotopic (exact) mass is 256 g/mol. The van der Waals surface area contributed by atoms with Crippen LogP contribution in [-0.2, 0) is 4.79 Å². The summed E-state index contributed by atoms with van der Waals surface area (Å²) in [7, 11) is 3.47. The van der Waals surface area contributed by atoms with E-state index in [1.54, 1.807) is 37.2 Å². The van der Waals surface area contributed by atoms with Gasteiger partial charge in [0.2, 0.25) is 5.91 Å². The standard InChI is InChI=1S/C12H17ClN2O2/c1-15(2)12(16)4-3-7-17-11-6-5-9(14)8-10(11)13/h5-6,8H,3-4,7,14H2,1-2H3. The zero-order valence-corrected chi connectivity index (χ0v) is 10.8. The predicted molar refractivity (Wildman–Crippen MR) is 69.3 cm³/mol. The van der Waals surface area contributed by atoms with Crippen LogP contribution in [0.5, 0.6) is 5.75 Å². The number of nitrogens with zero attached hydrogens (tertiary/aromatic N) is 1. The minimum atomic E-state index is 0.0944. The summed E-state index contributed by atoms with van der Waals surface area (Å²) in [4.78, 5) is 12.9. The molecule has 5 heteroatoms. The van der Waals surface area contributed by atoms with E-state index in [0.29, 0.717) is 35.9 Å². The Kier molecular flexibility index (Phi) is 5.10. The molecule has 0 radical (unpaired) electrons. The summed E-state index contributed by atoms with van der Waals surface area (Å²) in [6.07, 6.45) is 1.14. The van der Waals surface area contributed by atoms with Crippen molar-refractivity contribution < 1.29 is 9.53 Å². The molecule has 0 aromatic heterocycles. The second-order valence-electron chi connectivity index (χ2n) is 3.93. The van der Waals surface area contributed by atoms with Crippen LogP contribution in [0.4, 0.5) is 5.69 Å². The molecule has 0 unspecified atom stereocenters. The number of rotatable bonds is 5. The van der Waals surface area contributed by atoms with Gasteiger partial charge in [0.05, 0.1) is 11.6 Å². The highest BCUT2D eigenvalue weighted by Crippen LogP contribution is 2.26. The molecule has 0 aliphatic rings. The van der Waals surface area contributed by atoms with E-state index < -0.39 is 0 Å². The maximum atomic E-state index is 11.3. The summed E-state index contributed by atoms with van der Waals surface area (Å²) in [5.74, 6) is 0.690. The van der Waals surface area contributed by atoms with Gasteiger partial charge in [-0.2, -0.15) is 0 Å². The Hall–Kier alpha value is -1.42. The number of ether oxygens (including phenoxy) is 1. The highest BCUT2D eigenvalue weighted by molar-refractivity contribution is 6.32. The zero-order chi connectivity index (χ0) is 12.8. The topological polar surface area (TPSA) is 55.6 Å². The van der Waals surface area contributed by atoms with Crippen LogP contribution in [0.15, 0.2) is 18.2 Å². The molecule has 0 saturated heterocycles. The smallest absolute Gasteiger partial charge is 0.222 e. The number of amides is 1. The largest absolute Gasteiger partial charge is 0.492 e. The Balaban J connectivity index is 2.34. The molecule has 1 aromatic carbocycles. The van der Waals surface area contributed by atoms with Crippen LogP contribution in [0.1, 0.15) is 12.8 Å². The lowest BCUT2D eigenvalue weighted by molar-refractivity contribution is -0.128. The normalized spacial score (nSPS) is 10.1. The molecule has 4 nitrogen and oxygen atoms in total. The van der Waals surface area contributed by atoms with E-state index in [4.69, 9.17) is 22.1 Å². The second-order valence-corrected chi connectivity index (χ2v) is 4.34. The van der Waals surface area contributed by atoms with E-state index in [1.807, 2.05) is 0 Å². The molecule has 0 atom stereocenters. The fourth-order valence-corrected chi connectivity index (χ4v) is 1.51. The number of hydrogen-bond donors (Lipinski definition) is 1. The van der Waals surface area contributed by atoms with Crippen LogP contribution in [0.3, 0.4) is 0 Å². The number of nitrogens with two attached hydrogens (primary N) is 1. The van der Waals surface area contributed by atoms with Crippen molar-refractivity contribution in [1.82, 2.24) is 4.90 Å². The third kappa shape index (κ3) is 4.53. The van der Waals surface area contributed by atoms with Crippen LogP contribution in [0, 0.1) is 0 Å². The van der Waals surface area contributed by atoms with Crippen molar-refractivity contribution in [2.75, 3.05) is 26.4 Å². The van der Waals surface area contributed by atoms with Gasteiger partial charge in [0.1, 0.15) is 5.75 Å².